The highest BCUT2D eigenvalue weighted by Gasteiger charge is 2.16. The molecule has 0 N–H and O–H groups in total. The molecule has 0 heteroatoms. The first-order chi connectivity index (χ1) is 9.25. The molecule has 0 aromatic carbocycles. The summed E-state index contributed by atoms with van der Waals surface area (Å²) in [7, 11) is 0. The van der Waals surface area contributed by atoms with E-state index in [1.54, 1.807) is 5.57 Å². The van der Waals surface area contributed by atoms with Crippen LogP contribution in [0, 0.1) is 11.8 Å². The molecule has 1 aliphatic carbocycles. The number of hydrogen-bond acceptors (Lipinski definition) is 0. The van der Waals surface area contributed by atoms with Crippen molar-refractivity contribution in [3.63, 3.8) is 0 Å². The smallest absolute Gasteiger partial charge is 0.00145 e. The Kier molecular flexibility index (Phi) is 8.95. The molecule has 1 atom stereocenters. The van der Waals surface area contributed by atoms with Crippen LogP contribution in [0.1, 0.15) is 85.0 Å². The third-order valence-corrected chi connectivity index (χ3v) is 4.35. The van der Waals surface area contributed by atoms with Gasteiger partial charge in [-0.25, -0.2) is 0 Å². The molecular weight excluding hydrogens is 228 g/mol. The van der Waals surface area contributed by atoms with Gasteiger partial charge in [0, 0.05) is 0 Å². The maximum Gasteiger partial charge on any atom is -0.00145 e. The van der Waals surface area contributed by atoms with Gasteiger partial charge in [0.05, 0.1) is 0 Å². The summed E-state index contributed by atoms with van der Waals surface area (Å²) in [6.45, 7) is 6.93. The van der Waals surface area contributed by atoms with Crippen molar-refractivity contribution in [1.82, 2.24) is 0 Å². The third-order valence-electron chi connectivity index (χ3n) is 4.35. The Morgan fingerprint density at radius 2 is 1.47 bits per heavy atom. The zero-order valence-electron chi connectivity index (χ0n) is 13.5. The fourth-order valence-corrected chi connectivity index (χ4v) is 3.09. The zero-order chi connectivity index (χ0) is 13.9. The van der Waals surface area contributed by atoms with Gasteiger partial charge in [-0.2, -0.15) is 0 Å². The molecular formula is C19H34. The molecule has 0 aromatic rings. The molecule has 1 unspecified atom stereocenters. The van der Waals surface area contributed by atoms with Crippen LogP contribution < -0.4 is 0 Å². The van der Waals surface area contributed by atoms with Crippen LogP contribution in [0.4, 0.5) is 0 Å². The highest BCUT2D eigenvalue weighted by molar-refractivity contribution is 5.28. The summed E-state index contributed by atoms with van der Waals surface area (Å²) < 4.78 is 0. The molecule has 0 aromatic heterocycles. The second kappa shape index (κ2) is 10.3. The Morgan fingerprint density at radius 3 is 2.05 bits per heavy atom. The summed E-state index contributed by atoms with van der Waals surface area (Å²) in [6.07, 6.45) is 21.3. The second-order valence-corrected chi connectivity index (χ2v) is 6.43. The van der Waals surface area contributed by atoms with E-state index in [9.17, 15) is 0 Å². The van der Waals surface area contributed by atoms with Gasteiger partial charge >= 0.3 is 0 Å². The minimum absolute atomic E-state index is 0.721. The summed E-state index contributed by atoms with van der Waals surface area (Å²) in [5, 5.41) is 0. The summed E-state index contributed by atoms with van der Waals surface area (Å²) in [5.74, 6) is 1.48. The van der Waals surface area contributed by atoms with Crippen LogP contribution >= 0.6 is 0 Å². The molecule has 0 radical (unpaired) electrons. The highest BCUT2D eigenvalue weighted by Crippen LogP contribution is 2.30. The first-order valence-corrected chi connectivity index (χ1v) is 8.64. The molecule has 0 spiro atoms. The number of rotatable bonds is 11. The van der Waals surface area contributed by atoms with E-state index < -0.39 is 0 Å². The maximum absolute atomic E-state index is 2.40. The van der Waals surface area contributed by atoms with Crippen LogP contribution in [0.15, 0.2) is 23.8 Å². The van der Waals surface area contributed by atoms with Crippen LogP contribution in [-0.4, -0.2) is 0 Å². The van der Waals surface area contributed by atoms with Crippen molar-refractivity contribution < 1.29 is 0 Å². The first kappa shape index (κ1) is 16.5. The van der Waals surface area contributed by atoms with Crippen LogP contribution in [0.25, 0.3) is 0 Å². The Bertz CT molecular complexity index is 270. The highest BCUT2D eigenvalue weighted by atomic mass is 14.2. The molecule has 0 saturated heterocycles. The van der Waals surface area contributed by atoms with Gasteiger partial charge < -0.3 is 0 Å². The van der Waals surface area contributed by atoms with Gasteiger partial charge in [-0.3, -0.25) is 0 Å². The number of unbranched alkanes of at least 4 members (excludes halogenated alkanes) is 8. The molecule has 0 heterocycles. The lowest BCUT2D eigenvalue weighted by Gasteiger charge is -2.16. The van der Waals surface area contributed by atoms with E-state index in [1.807, 2.05) is 0 Å². The maximum atomic E-state index is 2.40. The van der Waals surface area contributed by atoms with Gasteiger partial charge in [0.25, 0.3) is 0 Å². The quantitative estimate of drug-likeness (QED) is 0.364. The lowest BCUT2D eigenvalue weighted by molar-refractivity contribution is 0.521. The summed E-state index contributed by atoms with van der Waals surface area (Å²) in [5.41, 5.74) is 1.65. The van der Waals surface area contributed by atoms with E-state index in [-0.39, 0.29) is 0 Å². The van der Waals surface area contributed by atoms with E-state index in [0.717, 1.165) is 11.8 Å². The molecule has 0 bridgehead atoms. The fraction of sp³-hybridized carbons (Fsp3) is 0.789. The average Bonchev–Trinajstić information content (AvgIpc) is 2.85. The van der Waals surface area contributed by atoms with Gasteiger partial charge in [-0.05, 0) is 18.3 Å². The van der Waals surface area contributed by atoms with Crippen molar-refractivity contribution in [2.45, 2.75) is 85.0 Å². The lowest BCUT2D eigenvalue weighted by Crippen LogP contribution is -2.04. The van der Waals surface area contributed by atoms with Crippen molar-refractivity contribution in [2.24, 2.45) is 11.8 Å². The van der Waals surface area contributed by atoms with Crippen molar-refractivity contribution in [3.8, 4) is 0 Å². The van der Waals surface area contributed by atoms with Gasteiger partial charge in [0.15, 0.2) is 0 Å². The minimum atomic E-state index is 0.721. The Balaban J connectivity index is 1.94. The number of hydrogen-bond donors (Lipinski definition) is 0. The Hall–Kier alpha value is -0.520. The van der Waals surface area contributed by atoms with Crippen LogP contribution in [-0.2, 0) is 0 Å². The Morgan fingerprint density at radius 1 is 0.895 bits per heavy atom. The molecule has 19 heavy (non-hydrogen) atoms. The van der Waals surface area contributed by atoms with Gasteiger partial charge in [0.1, 0.15) is 0 Å². The standard InChI is InChI=1S/C19H34/c1-4-5-6-7-8-9-10-11-12-14-18-15-13-16-19(18)17(2)3/h13,15-18H,4-12,14H2,1-3H3. The average molecular weight is 262 g/mol. The van der Waals surface area contributed by atoms with Crippen LogP contribution in [0.3, 0.4) is 0 Å². The molecule has 1 rings (SSSR count). The van der Waals surface area contributed by atoms with Crippen molar-refractivity contribution in [2.75, 3.05) is 0 Å². The zero-order valence-corrected chi connectivity index (χ0v) is 13.5. The minimum Gasteiger partial charge on any atom is -0.0773 e. The largest absolute Gasteiger partial charge is 0.0773 e. The van der Waals surface area contributed by atoms with E-state index >= 15 is 0 Å². The van der Waals surface area contributed by atoms with Gasteiger partial charge in [-0.1, -0.05) is 102 Å². The van der Waals surface area contributed by atoms with Crippen LogP contribution in [0.2, 0.25) is 0 Å². The SMILES string of the molecule is CCCCCCCCCCCC1C=CC=C1C(C)C. The number of allylic oxidation sites excluding steroid dienone is 4. The second-order valence-electron chi connectivity index (χ2n) is 6.43. The predicted octanol–water partition coefficient (Wildman–Crippen LogP) is 6.68. The summed E-state index contributed by atoms with van der Waals surface area (Å²) in [6, 6.07) is 0. The first-order valence-electron chi connectivity index (χ1n) is 8.64. The third kappa shape index (κ3) is 6.99. The molecule has 0 amide bonds. The van der Waals surface area contributed by atoms with Crippen LogP contribution in [0.5, 0.6) is 0 Å². The van der Waals surface area contributed by atoms with Crippen molar-refractivity contribution in [3.05, 3.63) is 23.8 Å². The molecule has 1 aliphatic rings. The monoisotopic (exact) mass is 262 g/mol. The molecule has 110 valence electrons. The van der Waals surface area contributed by atoms with Gasteiger partial charge in [0.2, 0.25) is 0 Å². The molecule has 0 aliphatic heterocycles. The fourth-order valence-electron chi connectivity index (χ4n) is 3.09. The molecule has 0 fully saturated rings. The normalized spacial score (nSPS) is 18.3. The summed E-state index contributed by atoms with van der Waals surface area (Å²) in [4.78, 5) is 0. The van der Waals surface area contributed by atoms with Crippen molar-refractivity contribution in [1.29, 1.82) is 0 Å². The van der Waals surface area contributed by atoms with E-state index in [4.69, 9.17) is 0 Å². The van der Waals surface area contributed by atoms with Crippen molar-refractivity contribution >= 4 is 0 Å². The topological polar surface area (TPSA) is 0 Å². The lowest BCUT2D eigenvalue weighted by atomic mass is 9.89. The van der Waals surface area contributed by atoms with E-state index in [2.05, 4.69) is 39.0 Å². The van der Waals surface area contributed by atoms with Gasteiger partial charge in [-0.15, -0.1) is 0 Å². The molecule has 0 nitrogen and oxygen atoms in total. The van der Waals surface area contributed by atoms with E-state index in [1.165, 1.54) is 64.2 Å². The predicted molar refractivity (Wildman–Crippen MR) is 87.4 cm³/mol. The Labute approximate surface area is 121 Å². The summed E-state index contributed by atoms with van der Waals surface area (Å²) >= 11 is 0. The molecule has 0 saturated carbocycles. The van der Waals surface area contributed by atoms with E-state index in [0.29, 0.717) is 0 Å².